The molecule has 3 rings (SSSR count). The smallest absolute Gasteiger partial charge is 0.254 e. The quantitative estimate of drug-likeness (QED) is 0.862. The van der Waals surface area contributed by atoms with Crippen molar-refractivity contribution < 1.29 is 18.7 Å². The Bertz CT molecular complexity index is 853. The van der Waals surface area contributed by atoms with Gasteiger partial charge in [0.2, 0.25) is 5.91 Å². The van der Waals surface area contributed by atoms with Gasteiger partial charge in [-0.25, -0.2) is 4.39 Å². The summed E-state index contributed by atoms with van der Waals surface area (Å²) in [4.78, 5) is 26.8. The van der Waals surface area contributed by atoms with Gasteiger partial charge in [-0.1, -0.05) is 43.3 Å². The van der Waals surface area contributed by atoms with Gasteiger partial charge in [-0.05, 0) is 28.8 Å². The van der Waals surface area contributed by atoms with E-state index in [-0.39, 0.29) is 24.2 Å². The Morgan fingerprint density at radius 2 is 1.89 bits per heavy atom. The van der Waals surface area contributed by atoms with Crippen molar-refractivity contribution in [2.24, 2.45) is 0 Å². The molecule has 5 nitrogen and oxygen atoms in total. The molecule has 0 saturated carbocycles. The molecule has 1 atom stereocenters. The predicted molar refractivity (Wildman–Crippen MR) is 105 cm³/mol. The summed E-state index contributed by atoms with van der Waals surface area (Å²) in [6, 6.07) is 14.0. The lowest BCUT2D eigenvalue weighted by Crippen LogP contribution is -2.61. The van der Waals surface area contributed by atoms with Gasteiger partial charge in [0.1, 0.15) is 5.82 Å². The van der Waals surface area contributed by atoms with Gasteiger partial charge in [-0.3, -0.25) is 9.59 Å². The molecule has 1 fully saturated rings. The van der Waals surface area contributed by atoms with Crippen molar-refractivity contribution in [3.63, 3.8) is 0 Å². The molecule has 1 heterocycles. The zero-order valence-electron chi connectivity index (χ0n) is 16.2. The molecule has 6 heteroatoms. The second kappa shape index (κ2) is 8.52. The number of ether oxygens (including phenoxy) is 1. The third kappa shape index (κ3) is 4.07. The molecular weight excluding hydrogens is 359 g/mol. The fourth-order valence-corrected chi connectivity index (χ4v) is 3.67. The number of amides is 2. The molecule has 1 N–H and O–H groups in total. The van der Waals surface area contributed by atoms with Crippen LogP contribution < -0.4 is 5.32 Å². The van der Waals surface area contributed by atoms with Crippen LogP contribution in [0.2, 0.25) is 0 Å². The third-order valence-corrected chi connectivity index (χ3v) is 5.13. The highest BCUT2D eigenvalue weighted by Gasteiger charge is 2.44. The van der Waals surface area contributed by atoms with Gasteiger partial charge in [0.25, 0.3) is 5.91 Å². The number of halogens is 1. The number of morpholine rings is 1. The Morgan fingerprint density at radius 3 is 2.57 bits per heavy atom. The number of carbonyl (C=O) groups excluding carboxylic acids is 2. The summed E-state index contributed by atoms with van der Waals surface area (Å²) in [7, 11) is 1.57. The van der Waals surface area contributed by atoms with E-state index < -0.39 is 5.60 Å². The lowest BCUT2D eigenvalue weighted by molar-refractivity contribution is -0.165. The monoisotopic (exact) mass is 384 g/mol. The Labute approximate surface area is 164 Å². The first-order valence-corrected chi connectivity index (χ1v) is 9.47. The molecule has 148 valence electrons. The molecule has 0 radical (unpaired) electrons. The van der Waals surface area contributed by atoms with Gasteiger partial charge < -0.3 is 15.0 Å². The van der Waals surface area contributed by atoms with E-state index in [9.17, 15) is 14.0 Å². The molecule has 1 aliphatic heterocycles. The van der Waals surface area contributed by atoms with Crippen molar-refractivity contribution in [3.8, 4) is 11.1 Å². The highest BCUT2D eigenvalue weighted by molar-refractivity contribution is 5.87. The van der Waals surface area contributed by atoms with Crippen LogP contribution in [0.1, 0.15) is 18.9 Å². The zero-order chi connectivity index (χ0) is 20.1. The molecule has 0 spiro atoms. The Hall–Kier alpha value is -2.73. The normalized spacial score (nSPS) is 19.3. The lowest BCUT2D eigenvalue weighted by Gasteiger charge is -2.41. The van der Waals surface area contributed by atoms with Gasteiger partial charge in [0.05, 0.1) is 13.2 Å². The van der Waals surface area contributed by atoms with Crippen molar-refractivity contribution in [1.82, 2.24) is 10.2 Å². The maximum absolute atomic E-state index is 13.3. The molecule has 2 aromatic carbocycles. The maximum atomic E-state index is 13.3. The fraction of sp³-hybridized carbons (Fsp3) is 0.364. The Balaban J connectivity index is 1.97. The van der Waals surface area contributed by atoms with Crippen LogP contribution in [0, 0.1) is 5.82 Å². The van der Waals surface area contributed by atoms with E-state index in [4.69, 9.17) is 4.74 Å². The van der Waals surface area contributed by atoms with Gasteiger partial charge >= 0.3 is 0 Å². The van der Waals surface area contributed by atoms with E-state index in [2.05, 4.69) is 5.32 Å². The van der Waals surface area contributed by atoms with E-state index >= 15 is 0 Å². The minimum atomic E-state index is -1.16. The number of hydrogen-bond acceptors (Lipinski definition) is 3. The Kier molecular flexibility index (Phi) is 6.09. The minimum Gasteiger partial charge on any atom is -0.361 e. The van der Waals surface area contributed by atoms with Crippen molar-refractivity contribution in [1.29, 1.82) is 0 Å². The van der Waals surface area contributed by atoms with Crippen molar-refractivity contribution in [3.05, 3.63) is 59.9 Å². The van der Waals surface area contributed by atoms with Crippen LogP contribution >= 0.6 is 0 Å². The van der Waals surface area contributed by atoms with Crippen molar-refractivity contribution in [2.75, 3.05) is 26.7 Å². The summed E-state index contributed by atoms with van der Waals surface area (Å²) in [5.41, 5.74) is 1.52. The molecule has 0 aromatic heterocycles. The minimum absolute atomic E-state index is 0.00315. The molecule has 1 aliphatic rings. The van der Waals surface area contributed by atoms with Crippen LogP contribution in [0.4, 0.5) is 4.39 Å². The Morgan fingerprint density at radius 1 is 1.18 bits per heavy atom. The fourth-order valence-electron chi connectivity index (χ4n) is 3.67. The summed E-state index contributed by atoms with van der Waals surface area (Å²) in [5, 5.41) is 2.69. The second-order valence-electron chi connectivity index (χ2n) is 6.93. The molecule has 1 saturated heterocycles. The largest absolute Gasteiger partial charge is 0.361 e. The number of hydrogen-bond donors (Lipinski definition) is 1. The zero-order valence-corrected chi connectivity index (χ0v) is 16.2. The molecular formula is C22H25FN2O3. The molecule has 0 bridgehead atoms. The van der Waals surface area contributed by atoms with E-state index in [0.717, 1.165) is 16.7 Å². The standard InChI is InChI=1S/C22H25FN2O3/c1-3-20(26)25-12-13-28-22(15-25,21(27)24-2)14-17-6-4-5-7-19(17)16-8-10-18(23)11-9-16/h4-11H,3,12-15H2,1-2H3,(H,24,27)/t22-/m0/s1. The first-order valence-electron chi connectivity index (χ1n) is 9.47. The molecule has 2 aromatic rings. The van der Waals surface area contributed by atoms with Gasteiger partial charge in [-0.2, -0.15) is 0 Å². The van der Waals surface area contributed by atoms with Crippen LogP contribution in [-0.2, 0) is 20.7 Å². The van der Waals surface area contributed by atoms with E-state index in [1.165, 1.54) is 12.1 Å². The highest BCUT2D eigenvalue weighted by atomic mass is 19.1. The van der Waals surface area contributed by atoms with E-state index in [1.54, 1.807) is 24.1 Å². The summed E-state index contributed by atoms with van der Waals surface area (Å²) in [5.74, 6) is -0.550. The number of benzene rings is 2. The van der Waals surface area contributed by atoms with Crippen molar-refractivity contribution in [2.45, 2.75) is 25.4 Å². The maximum Gasteiger partial charge on any atom is 0.254 e. The van der Waals surface area contributed by atoms with Crippen LogP contribution in [0.25, 0.3) is 11.1 Å². The van der Waals surface area contributed by atoms with Gasteiger partial charge in [0, 0.05) is 26.4 Å². The molecule has 0 unspecified atom stereocenters. The predicted octanol–water partition coefficient (Wildman–Crippen LogP) is 2.79. The van der Waals surface area contributed by atoms with E-state index in [1.807, 2.05) is 31.2 Å². The van der Waals surface area contributed by atoms with Gasteiger partial charge in [-0.15, -0.1) is 0 Å². The first-order chi connectivity index (χ1) is 13.5. The topological polar surface area (TPSA) is 58.6 Å². The van der Waals surface area contributed by atoms with Crippen molar-refractivity contribution >= 4 is 11.8 Å². The van der Waals surface area contributed by atoms with Crippen LogP contribution in [-0.4, -0.2) is 49.1 Å². The summed E-state index contributed by atoms with van der Waals surface area (Å²) >= 11 is 0. The summed E-state index contributed by atoms with van der Waals surface area (Å²) < 4.78 is 19.3. The first kappa shape index (κ1) is 20.0. The van der Waals surface area contributed by atoms with Gasteiger partial charge in [0.15, 0.2) is 5.60 Å². The second-order valence-corrected chi connectivity index (χ2v) is 6.93. The lowest BCUT2D eigenvalue weighted by atomic mass is 9.87. The number of nitrogens with zero attached hydrogens (tertiary/aromatic N) is 1. The number of rotatable bonds is 5. The number of carbonyl (C=O) groups is 2. The molecule has 28 heavy (non-hydrogen) atoms. The average molecular weight is 384 g/mol. The van der Waals surface area contributed by atoms with Crippen LogP contribution in [0.3, 0.4) is 0 Å². The summed E-state index contributed by atoms with van der Waals surface area (Å²) in [6.45, 7) is 2.79. The number of likely N-dealkylation sites (N-methyl/N-ethyl adjacent to an activating group) is 1. The van der Waals surface area contributed by atoms with E-state index in [0.29, 0.717) is 26.0 Å². The SMILES string of the molecule is CCC(=O)N1CCO[C@](Cc2ccccc2-c2ccc(F)cc2)(C(=O)NC)C1. The number of nitrogens with one attached hydrogen (secondary N) is 1. The third-order valence-electron chi connectivity index (χ3n) is 5.13. The average Bonchev–Trinajstić information content (AvgIpc) is 2.73. The van der Waals surface area contributed by atoms with Crippen LogP contribution in [0.5, 0.6) is 0 Å². The molecule has 0 aliphatic carbocycles. The molecule has 2 amide bonds. The highest BCUT2D eigenvalue weighted by Crippen LogP contribution is 2.30. The van der Waals surface area contributed by atoms with Crippen LogP contribution in [0.15, 0.2) is 48.5 Å². The summed E-state index contributed by atoms with van der Waals surface area (Å²) in [6.07, 6.45) is 0.698.